The van der Waals surface area contributed by atoms with Gasteiger partial charge >= 0.3 is 0 Å². The Morgan fingerprint density at radius 1 is 1.25 bits per heavy atom. The van der Waals surface area contributed by atoms with Gasteiger partial charge in [-0.1, -0.05) is 39.8 Å². The molecule has 0 unspecified atom stereocenters. The highest BCUT2D eigenvalue weighted by molar-refractivity contribution is 9.10. The number of thioether (sulfide) groups is 1. The minimum absolute atomic E-state index is 0.164. The number of carbonyl (C=O) groups is 1. The van der Waals surface area contributed by atoms with Crippen LogP contribution in [0.5, 0.6) is 0 Å². The van der Waals surface area contributed by atoms with Crippen LogP contribution in [0.4, 0.5) is 0 Å². The molecule has 0 radical (unpaired) electrons. The van der Waals surface area contributed by atoms with Gasteiger partial charge in [0.2, 0.25) is 0 Å². The van der Waals surface area contributed by atoms with E-state index in [9.17, 15) is 4.79 Å². The van der Waals surface area contributed by atoms with Crippen molar-refractivity contribution < 1.29 is 9.21 Å². The van der Waals surface area contributed by atoms with Crippen molar-refractivity contribution in [2.24, 2.45) is 7.05 Å². The third kappa shape index (κ3) is 3.96. The monoisotopic (exact) mass is 405 g/mol. The fraction of sp³-hybridized carbons (Fsp3) is 0.235. The Bertz CT molecular complexity index is 813. The van der Waals surface area contributed by atoms with Gasteiger partial charge in [-0.15, -0.1) is 10.2 Å². The van der Waals surface area contributed by atoms with Crippen molar-refractivity contribution in [3.8, 4) is 11.6 Å². The summed E-state index contributed by atoms with van der Waals surface area (Å²) in [5.41, 5.74) is 0.752. The molecule has 0 N–H and O–H groups in total. The Hall–Kier alpha value is -1.86. The van der Waals surface area contributed by atoms with Crippen molar-refractivity contribution in [1.29, 1.82) is 0 Å². The summed E-state index contributed by atoms with van der Waals surface area (Å²) >= 11 is 4.96. The molecule has 3 rings (SSSR count). The maximum atomic E-state index is 12.1. The molecule has 0 fully saturated rings. The molecule has 2 aromatic heterocycles. The Labute approximate surface area is 152 Å². The van der Waals surface area contributed by atoms with Crippen LogP contribution in [0.25, 0.3) is 11.6 Å². The molecule has 7 heteroatoms. The topological polar surface area (TPSA) is 60.9 Å². The van der Waals surface area contributed by atoms with Crippen molar-refractivity contribution in [1.82, 2.24) is 14.8 Å². The molecule has 3 aromatic rings. The molecule has 124 valence electrons. The molecule has 1 aromatic carbocycles. The zero-order valence-electron chi connectivity index (χ0n) is 13.1. The highest BCUT2D eigenvalue weighted by atomic mass is 79.9. The van der Waals surface area contributed by atoms with Gasteiger partial charge in [-0.25, -0.2) is 0 Å². The van der Waals surface area contributed by atoms with Crippen LogP contribution in [-0.4, -0.2) is 26.3 Å². The van der Waals surface area contributed by atoms with Gasteiger partial charge < -0.3 is 8.98 Å². The average Bonchev–Trinajstić information content (AvgIpc) is 3.22. The highest BCUT2D eigenvalue weighted by Crippen LogP contribution is 2.23. The molecule has 0 bridgehead atoms. The number of benzene rings is 1. The summed E-state index contributed by atoms with van der Waals surface area (Å²) in [5, 5.41) is 9.15. The summed E-state index contributed by atoms with van der Waals surface area (Å²) in [4.78, 5) is 12.1. The van der Waals surface area contributed by atoms with Gasteiger partial charge in [0.1, 0.15) is 0 Å². The molecule has 0 spiro atoms. The number of rotatable bonds is 7. The number of nitrogens with zero attached hydrogens (tertiary/aromatic N) is 3. The van der Waals surface area contributed by atoms with E-state index >= 15 is 0 Å². The van der Waals surface area contributed by atoms with Gasteiger partial charge in [-0.3, -0.25) is 4.79 Å². The summed E-state index contributed by atoms with van der Waals surface area (Å²) in [7, 11) is 1.91. The van der Waals surface area contributed by atoms with E-state index in [1.54, 1.807) is 18.0 Å². The van der Waals surface area contributed by atoms with E-state index in [4.69, 9.17) is 4.42 Å². The zero-order chi connectivity index (χ0) is 16.9. The maximum absolute atomic E-state index is 12.1. The number of aromatic nitrogens is 3. The average molecular weight is 406 g/mol. The Kier molecular flexibility index (Phi) is 5.52. The quantitative estimate of drug-likeness (QED) is 0.326. The van der Waals surface area contributed by atoms with Gasteiger partial charge in [0, 0.05) is 29.3 Å². The largest absolute Gasteiger partial charge is 0.461 e. The molecule has 24 heavy (non-hydrogen) atoms. The van der Waals surface area contributed by atoms with Gasteiger partial charge in [0.05, 0.1) is 6.26 Å². The van der Waals surface area contributed by atoms with Crippen molar-refractivity contribution in [3.05, 3.63) is 52.7 Å². The lowest BCUT2D eigenvalue weighted by Gasteiger charge is -2.03. The smallest absolute Gasteiger partial charge is 0.200 e. The van der Waals surface area contributed by atoms with E-state index in [0.717, 1.165) is 27.4 Å². The maximum Gasteiger partial charge on any atom is 0.200 e. The number of carbonyl (C=O) groups excluding carboxylic acids is 1. The minimum Gasteiger partial charge on any atom is -0.461 e. The lowest BCUT2D eigenvalue weighted by Crippen LogP contribution is -2.00. The summed E-state index contributed by atoms with van der Waals surface area (Å²) in [6.07, 6.45) is 2.94. The van der Waals surface area contributed by atoms with E-state index in [-0.39, 0.29) is 5.78 Å². The molecule has 0 aliphatic heterocycles. The molecule has 5 nitrogen and oxygen atoms in total. The van der Waals surface area contributed by atoms with Crippen LogP contribution >= 0.6 is 27.7 Å². The normalized spacial score (nSPS) is 10.9. The molecule has 0 saturated heterocycles. The lowest BCUT2D eigenvalue weighted by molar-refractivity contribution is 0.0982. The molecule has 0 aliphatic carbocycles. The van der Waals surface area contributed by atoms with Crippen LogP contribution in [0, 0.1) is 0 Å². The second kappa shape index (κ2) is 7.81. The van der Waals surface area contributed by atoms with Gasteiger partial charge in [0.25, 0.3) is 0 Å². The molecule has 0 atom stereocenters. The zero-order valence-corrected chi connectivity index (χ0v) is 15.5. The molecular weight excluding hydrogens is 390 g/mol. The number of furan rings is 1. The lowest BCUT2D eigenvalue weighted by atomic mass is 10.1. The minimum atomic E-state index is 0.164. The van der Waals surface area contributed by atoms with E-state index in [2.05, 4.69) is 26.1 Å². The SMILES string of the molecule is Cn1c(SCCCC(=O)c2ccc(Br)cc2)nnc1-c1ccco1. The standard InChI is InChI=1S/C17H16BrN3O2S/c1-21-16(15-5-2-10-23-15)19-20-17(21)24-11-3-4-14(22)12-6-8-13(18)9-7-12/h2,5-10H,3-4,11H2,1H3. The molecule has 0 saturated carbocycles. The van der Waals surface area contributed by atoms with Crippen LogP contribution in [0.3, 0.4) is 0 Å². The third-order valence-electron chi connectivity index (χ3n) is 3.52. The molecule has 0 aliphatic rings. The first-order valence-electron chi connectivity index (χ1n) is 7.50. The second-order valence-corrected chi connectivity index (χ2v) is 7.20. The predicted molar refractivity (Wildman–Crippen MR) is 97.1 cm³/mol. The highest BCUT2D eigenvalue weighted by Gasteiger charge is 2.13. The third-order valence-corrected chi connectivity index (χ3v) is 5.16. The van der Waals surface area contributed by atoms with Crippen molar-refractivity contribution in [2.75, 3.05) is 5.75 Å². The fourth-order valence-electron chi connectivity index (χ4n) is 2.24. The molecule has 0 amide bonds. The van der Waals surface area contributed by atoms with E-state index in [1.165, 1.54) is 0 Å². The van der Waals surface area contributed by atoms with E-state index < -0.39 is 0 Å². The predicted octanol–water partition coefficient (Wildman–Crippen LogP) is 4.59. The number of hydrogen-bond acceptors (Lipinski definition) is 5. The van der Waals surface area contributed by atoms with Crippen molar-refractivity contribution in [3.63, 3.8) is 0 Å². The summed E-state index contributed by atoms with van der Waals surface area (Å²) < 4.78 is 8.23. The number of hydrogen-bond donors (Lipinski definition) is 0. The fourth-order valence-corrected chi connectivity index (χ4v) is 3.35. The first-order valence-corrected chi connectivity index (χ1v) is 9.28. The molecular formula is C17H16BrN3O2S. The Morgan fingerprint density at radius 2 is 2.04 bits per heavy atom. The summed E-state index contributed by atoms with van der Waals surface area (Å²) in [5.74, 6) is 2.37. The van der Waals surface area contributed by atoms with Gasteiger partial charge in [-0.2, -0.15) is 0 Å². The second-order valence-electron chi connectivity index (χ2n) is 5.22. The van der Waals surface area contributed by atoms with Crippen LogP contribution in [0.15, 0.2) is 56.7 Å². The number of Topliss-reactive ketones (excluding diaryl/α,β-unsaturated/α-hetero) is 1. The Balaban J connectivity index is 1.50. The van der Waals surface area contributed by atoms with E-state index in [0.29, 0.717) is 18.0 Å². The van der Waals surface area contributed by atoms with Crippen LogP contribution < -0.4 is 0 Å². The van der Waals surface area contributed by atoms with Gasteiger partial charge in [0.15, 0.2) is 22.5 Å². The molecule has 2 heterocycles. The van der Waals surface area contributed by atoms with Crippen molar-refractivity contribution in [2.45, 2.75) is 18.0 Å². The number of halogens is 1. The first-order chi connectivity index (χ1) is 11.6. The van der Waals surface area contributed by atoms with E-state index in [1.807, 2.05) is 48.0 Å². The van der Waals surface area contributed by atoms with Gasteiger partial charge in [-0.05, 0) is 30.7 Å². The Morgan fingerprint density at radius 3 is 2.75 bits per heavy atom. The summed E-state index contributed by atoms with van der Waals surface area (Å²) in [6, 6.07) is 11.1. The summed E-state index contributed by atoms with van der Waals surface area (Å²) in [6.45, 7) is 0. The first kappa shape index (κ1) is 17.0. The number of ketones is 1. The van der Waals surface area contributed by atoms with Crippen molar-refractivity contribution >= 4 is 33.5 Å². The van der Waals surface area contributed by atoms with Crippen LogP contribution in [0.2, 0.25) is 0 Å². The van der Waals surface area contributed by atoms with Crippen LogP contribution in [-0.2, 0) is 7.05 Å². The van der Waals surface area contributed by atoms with Crippen LogP contribution in [0.1, 0.15) is 23.2 Å².